The quantitative estimate of drug-likeness (QED) is 0.826. The first-order chi connectivity index (χ1) is 8.51. The van der Waals surface area contributed by atoms with Crippen molar-refractivity contribution in [2.75, 3.05) is 17.6 Å². The molecule has 0 aliphatic heterocycles. The summed E-state index contributed by atoms with van der Waals surface area (Å²) in [6.07, 6.45) is 1.72. The van der Waals surface area contributed by atoms with Gasteiger partial charge in [-0.3, -0.25) is 0 Å². The van der Waals surface area contributed by atoms with Gasteiger partial charge in [0.2, 0.25) is 0 Å². The van der Waals surface area contributed by atoms with Crippen LogP contribution in [-0.4, -0.2) is 20.7 Å². The van der Waals surface area contributed by atoms with E-state index in [9.17, 15) is 8.42 Å². The number of anilines is 1. The smallest absolute Gasteiger partial charge is 0.180 e. The maximum Gasteiger partial charge on any atom is 0.180 e. The van der Waals surface area contributed by atoms with E-state index >= 15 is 0 Å². The summed E-state index contributed by atoms with van der Waals surface area (Å²) in [7, 11) is -3.16. The van der Waals surface area contributed by atoms with Gasteiger partial charge in [-0.25, -0.2) is 8.42 Å². The van der Waals surface area contributed by atoms with Crippen LogP contribution in [0.2, 0.25) is 0 Å². The Bertz CT molecular complexity index is 468. The van der Waals surface area contributed by atoms with Gasteiger partial charge in [-0.2, -0.15) is 0 Å². The Balaban J connectivity index is 2.93. The van der Waals surface area contributed by atoms with Crippen LogP contribution in [0.15, 0.2) is 29.2 Å². The maximum atomic E-state index is 12.1. The zero-order valence-corrected chi connectivity index (χ0v) is 12.3. The first kappa shape index (κ1) is 15.0. The molecule has 0 radical (unpaired) electrons. The third-order valence-corrected chi connectivity index (χ3v) is 5.00. The van der Waals surface area contributed by atoms with Crippen LogP contribution in [0.4, 0.5) is 5.69 Å². The van der Waals surface area contributed by atoms with Crippen molar-refractivity contribution in [2.45, 2.75) is 38.5 Å². The van der Waals surface area contributed by atoms with Gasteiger partial charge in [-0.15, -0.1) is 0 Å². The summed E-state index contributed by atoms with van der Waals surface area (Å²) in [4.78, 5) is 0.426. The molecule has 0 bridgehead atoms. The zero-order chi connectivity index (χ0) is 13.6. The molecule has 0 fully saturated rings. The average molecular weight is 269 g/mol. The Morgan fingerprint density at radius 2 is 1.89 bits per heavy atom. The van der Waals surface area contributed by atoms with Crippen LogP contribution in [0, 0.1) is 5.92 Å². The molecule has 3 nitrogen and oxygen atoms in total. The van der Waals surface area contributed by atoms with Crippen molar-refractivity contribution in [3.8, 4) is 0 Å². The van der Waals surface area contributed by atoms with E-state index in [1.54, 1.807) is 12.1 Å². The summed E-state index contributed by atoms with van der Waals surface area (Å²) in [6.45, 7) is 6.96. The molecule has 0 aliphatic rings. The van der Waals surface area contributed by atoms with Gasteiger partial charge in [0.25, 0.3) is 0 Å². The van der Waals surface area contributed by atoms with Crippen LogP contribution < -0.4 is 5.32 Å². The molecule has 1 atom stereocenters. The highest BCUT2D eigenvalue weighted by Crippen LogP contribution is 2.23. The molecule has 0 saturated carbocycles. The number of sulfone groups is 1. The van der Waals surface area contributed by atoms with Gasteiger partial charge in [-0.1, -0.05) is 39.3 Å². The second-order valence-corrected chi connectivity index (χ2v) is 6.79. The number of nitrogens with one attached hydrogen (secondary N) is 1. The second kappa shape index (κ2) is 6.78. The van der Waals surface area contributed by atoms with Gasteiger partial charge in [0.05, 0.1) is 16.3 Å². The molecule has 1 unspecified atom stereocenters. The van der Waals surface area contributed by atoms with E-state index in [2.05, 4.69) is 19.2 Å². The van der Waals surface area contributed by atoms with Gasteiger partial charge < -0.3 is 5.32 Å². The lowest BCUT2D eigenvalue weighted by molar-refractivity contribution is 0.588. The fraction of sp³-hybridized carbons (Fsp3) is 0.571. The van der Waals surface area contributed by atoms with Crippen molar-refractivity contribution in [1.29, 1.82) is 0 Å². The highest BCUT2D eigenvalue weighted by atomic mass is 32.2. The van der Waals surface area contributed by atoms with Crippen molar-refractivity contribution in [1.82, 2.24) is 0 Å². The average Bonchev–Trinajstić information content (AvgIpc) is 2.36. The fourth-order valence-electron chi connectivity index (χ4n) is 1.69. The van der Waals surface area contributed by atoms with Gasteiger partial charge in [0.15, 0.2) is 9.84 Å². The Morgan fingerprint density at radius 1 is 1.22 bits per heavy atom. The Labute approximate surface area is 111 Å². The van der Waals surface area contributed by atoms with E-state index in [1.165, 1.54) is 0 Å². The summed E-state index contributed by atoms with van der Waals surface area (Å²) < 4.78 is 24.3. The minimum absolute atomic E-state index is 0.203. The molecule has 1 aromatic rings. The molecule has 0 heterocycles. The minimum atomic E-state index is -3.16. The number of para-hydroxylation sites is 1. The number of rotatable bonds is 7. The predicted molar refractivity (Wildman–Crippen MR) is 76.7 cm³/mol. The van der Waals surface area contributed by atoms with Crippen molar-refractivity contribution in [2.24, 2.45) is 5.92 Å². The van der Waals surface area contributed by atoms with Crippen LogP contribution >= 0.6 is 0 Å². The third-order valence-electron chi connectivity index (χ3n) is 3.03. The van der Waals surface area contributed by atoms with Crippen LogP contribution in [0.5, 0.6) is 0 Å². The van der Waals surface area contributed by atoms with Crippen LogP contribution in [-0.2, 0) is 9.84 Å². The predicted octanol–water partition coefficient (Wildman–Crippen LogP) is 3.33. The molecule has 1 N–H and O–H groups in total. The maximum absolute atomic E-state index is 12.1. The van der Waals surface area contributed by atoms with E-state index in [1.807, 2.05) is 19.1 Å². The molecule has 0 spiro atoms. The van der Waals surface area contributed by atoms with E-state index in [0.29, 0.717) is 17.2 Å². The molecular formula is C14H23NO2S. The van der Waals surface area contributed by atoms with Crippen LogP contribution in [0.25, 0.3) is 0 Å². The summed E-state index contributed by atoms with van der Waals surface area (Å²) in [5.41, 5.74) is 0.728. The Kier molecular flexibility index (Phi) is 5.66. The number of hydrogen-bond donors (Lipinski definition) is 1. The van der Waals surface area contributed by atoms with Crippen molar-refractivity contribution < 1.29 is 8.42 Å². The molecule has 0 aromatic heterocycles. The summed E-state index contributed by atoms with van der Waals surface area (Å²) in [5, 5.41) is 3.25. The van der Waals surface area contributed by atoms with Crippen LogP contribution in [0.1, 0.15) is 33.6 Å². The fourth-order valence-corrected chi connectivity index (χ4v) is 3.21. The zero-order valence-electron chi connectivity index (χ0n) is 11.4. The molecule has 0 aliphatic carbocycles. The molecule has 0 saturated heterocycles. The van der Waals surface area contributed by atoms with Gasteiger partial charge >= 0.3 is 0 Å². The largest absolute Gasteiger partial charge is 0.384 e. The molecule has 4 heteroatoms. The van der Waals surface area contributed by atoms with Crippen molar-refractivity contribution in [3.63, 3.8) is 0 Å². The SMILES string of the molecule is CCCS(=O)(=O)c1ccccc1NCC(C)CC. The van der Waals surface area contributed by atoms with E-state index < -0.39 is 9.84 Å². The second-order valence-electron chi connectivity index (χ2n) is 4.71. The van der Waals surface area contributed by atoms with E-state index in [-0.39, 0.29) is 5.75 Å². The standard InChI is InChI=1S/C14H23NO2S/c1-4-10-18(16,17)14-9-7-6-8-13(14)15-11-12(3)5-2/h6-9,12,15H,4-5,10-11H2,1-3H3. The summed E-state index contributed by atoms with van der Waals surface area (Å²) in [6, 6.07) is 7.16. The molecule has 18 heavy (non-hydrogen) atoms. The lowest BCUT2D eigenvalue weighted by Crippen LogP contribution is -2.14. The van der Waals surface area contributed by atoms with Gasteiger partial charge in [0, 0.05) is 6.54 Å². The normalized spacial score (nSPS) is 13.3. The molecule has 0 amide bonds. The lowest BCUT2D eigenvalue weighted by Gasteiger charge is -2.15. The van der Waals surface area contributed by atoms with Crippen molar-refractivity contribution >= 4 is 15.5 Å². The first-order valence-electron chi connectivity index (χ1n) is 6.57. The minimum Gasteiger partial charge on any atom is -0.384 e. The summed E-state index contributed by atoms with van der Waals surface area (Å²) >= 11 is 0. The van der Waals surface area contributed by atoms with Gasteiger partial charge in [-0.05, 0) is 24.5 Å². The van der Waals surface area contributed by atoms with Crippen molar-refractivity contribution in [3.05, 3.63) is 24.3 Å². The number of hydrogen-bond acceptors (Lipinski definition) is 3. The third kappa shape index (κ3) is 4.02. The monoisotopic (exact) mass is 269 g/mol. The molecule has 102 valence electrons. The molecule has 1 rings (SSSR count). The van der Waals surface area contributed by atoms with E-state index in [4.69, 9.17) is 0 Å². The highest BCUT2D eigenvalue weighted by Gasteiger charge is 2.17. The Hall–Kier alpha value is -1.03. The Morgan fingerprint density at radius 3 is 2.50 bits per heavy atom. The lowest BCUT2D eigenvalue weighted by atomic mass is 10.1. The van der Waals surface area contributed by atoms with E-state index in [0.717, 1.165) is 18.7 Å². The molecule has 1 aromatic carbocycles. The molecular weight excluding hydrogens is 246 g/mol. The topological polar surface area (TPSA) is 46.2 Å². The van der Waals surface area contributed by atoms with Crippen LogP contribution in [0.3, 0.4) is 0 Å². The van der Waals surface area contributed by atoms with Gasteiger partial charge in [0.1, 0.15) is 0 Å². The first-order valence-corrected chi connectivity index (χ1v) is 8.22. The highest BCUT2D eigenvalue weighted by molar-refractivity contribution is 7.91. The summed E-state index contributed by atoms with van der Waals surface area (Å²) in [5.74, 6) is 0.738. The number of benzene rings is 1.